The maximum absolute atomic E-state index is 12.2. The molecule has 3 N–H and O–H groups in total. The van der Waals surface area contributed by atoms with Gasteiger partial charge in [0.25, 0.3) is 10.0 Å². The SMILES string of the molecule is CCNCc1c(S(=O)(=O)NC(C)COC)n[nH]c1C. The molecule has 0 bridgehead atoms. The summed E-state index contributed by atoms with van der Waals surface area (Å²) in [5, 5.41) is 9.77. The lowest BCUT2D eigenvalue weighted by molar-refractivity contribution is 0.180. The smallest absolute Gasteiger partial charge is 0.260 e. The van der Waals surface area contributed by atoms with Crippen molar-refractivity contribution in [3.63, 3.8) is 0 Å². The van der Waals surface area contributed by atoms with Gasteiger partial charge < -0.3 is 10.1 Å². The summed E-state index contributed by atoms with van der Waals surface area (Å²) in [6.07, 6.45) is 0. The molecule has 7 nitrogen and oxygen atoms in total. The summed E-state index contributed by atoms with van der Waals surface area (Å²) in [6.45, 7) is 7.04. The topological polar surface area (TPSA) is 96.1 Å². The number of aryl methyl sites for hydroxylation is 1. The first-order valence-corrected chi connectivity index (χ1v) is 7.66. The summed E-state index contributed by atoms with van der Waals surface area (Å²) in [5.41, 5.74) is 1.42. The molecule has 0 fully saturated rings. The fourth-order valence-electron chi connectivity index (χ4n) is 1.72. The fraction of sp³-hybridized carbons (Fsp3) is 0.727. The van der Waals surface area contributed by atoms with E-state index in [-0.39, 0.29) is 11.1 Å². The lowest BCUT2D eigenvalue weighted by atomic mass is 10.2. The third kappa shape index (κ3) is 4.27. The third-order valence-corrected chi connectivity index (χ3v) is 4.17. The Morgan fingerprint density at radius 3 is 2.74 bits per heavy atom. The van der Waals surface area contributed by atoms with Gasteiger partial charge in [-0.3, -0.25) is 5.10 Å². The van der Waals surface area contributed by atoms with Crippen LogP contribution in [0.4, 0.5) is 0 Å². The molecule has 0 saturated carbocycles. The van der Waals surface area contributed by atoms with E-state index >= 15 is 0 Å². The molecule has 1 heterocycles. The van der Waals surface area contributed by atoms with Crippen LogP contribution in [-0.2, 0) is 21.3 Å². The first-order chi connectivity index (χ1) is 8.92. The lowest BCUT2D eigenvalue weighted by Gasteiger charge is -2.13. The van der Waals surface area contributed by atoms with Gasteiger partial charge in [0.15, 0.2) is 5.03 Å². The van der Waals surface area contributed by atoms with Crippen molar-refractivity contribution >= 4 is 10.0 Å². The monoisotopic (exact) mass is 290 g/mol. The van der Waals surface area contributed by atoms with Crippen LogP contribution in [0.2, 0.25) is 0 Å². The van der Waals surface area contributed by atoms with E-state index in [1.54, 1.807) is 13.8 Å². The van der Waals surface area contributed by atoms with Crippen molar-refractivity contribution < 1.29 is 13.2 Å². The Balaban J connectivity index is 2.94. The molecule has 1 aromatic rings. The normalized spacial score (nSPS) is 13.7. The molecule has 0 aliphatic heterocycles. The third-order valence-electron chi connectivity index (χ3n) is 2.62. The molecule has 0 aromatic carbocycles. The number of aromatic amines is 1. The van der Waals surface area contributed by atoms with Crippen LogP contribution in [0, 0.1) is 6.92 Å². The number of nitrogens with one attached hydrogen (secondary N) is 3. The first kappa shape index (κ1) is 16.1. The molecule has 1 atom stereocenters. The second-order valence-corrected chi connectivity index (χ2v) is 6.02. The predicted molar refractivity (Wildman–Crippen MR) is 72.4 cm³/mol. The zero-order chi connectivity index (χ0) is 14.5. The van der Waals surface area contributed by atoms with E-state index in [4.69, 9.17) is 4.74 Å². The number of methoxy groups -OCH3 is 1. The van der Waals surface area contributed by atoms with Crippen LogP contribution < -0.4 is 10.0 Å². The minimum Gasteiger partial charge on any atom is -0.383 e. The van der Waals surface area contributed by atoms with Crippen LogP contribution in [-0.4, -0.2) is 44.9 Å². The van der Waals surface area contributed by atoms with Gasteiger partial charge >= 0.3 is 0 Å². The molecule has 19 heavy (non-hydrogen) atoms. The lowest BCUT2D eigenvalue weighted by Crippen LogP contribution is -2.36. The van der Waals surface area contributed by atoms with Crippen molar-refractivity contribution in [1.29, 1.82) is 0 Å². The van der Waals surface area contributed by atoms with Crippen LogP contribution in [0.1, 0.15) is 25.1 Å². The Morgan fingerprint density at radius 1 is 1.47 bits per heavy atom. The second-order valence-electron chi connectivity index (χ2n) is 4.39. The van der Waals surface area contributed by atoms with E-state index in [9.17, 15) is 8.42 Å². The number of aromatic nitrogens is 2. The standard InChI is InChI=1S/C11H22N4O3S/c1-5-12-6-10-9(3)13-14-11(10)19(16,17)15-8(2)7-18-4/h8,12,15H,5-7H2,1-4H3,(H,13,14). The van der Waals surface area contributed by atoms with E-state index in [0.29, 0.717) is 18.7 Å². The second kappa shape index (κ2) is 6.99. The maximum Gasteiger partial charge on any atom is 0.260 e. The Kier molecular flexibility index (Phi) is 5.92. The molecule has 0 aliphatic rings. The minimum absolute atomic E-state index is 0.0499. The largest absolute Gasteiger partial charge is 0.383 e. The van der Waals surface area contributed by atoms with E-state index in [1.807, 2.05) is 6.92 Å². The highest BCUT2D eigenvalue weighted by Crippen LogP contribution is 2.16. The van der Waals surface area contributed by atoms with Crippen molar-refractivity contribution in [3.05, 3.63) is 11.3 Å². The molecular weight excluding hydrogens is 268 g/mol. The van der Waals surface area contributed by atoms with Crippen molar-refractivity contribution in [2.75, 3.05) is 20.3 Å². The van der Waals surface area contributed by atoms with E-state index in [2.05, 4.69) is 20.2 Å². The molecule has 1 aromatic heterocycles. The van der Waals surface area contributed by atoms with Gasteiger partial charge in [0, 0.05) is 31.0 Å². The average Bonchev–Trinajstić information content (AvgIpc) is 2.68. The highest BCUT2D eigenvalue weighted by Gasteiger charge is 2.25. The number of ether oxygens (including phenoxy) is 1. The fourth-order valence-corrected chi connectivity index (χ4v) is 3.14. The van der Waals surface area contributed by atoms with Crippen LogP contribution in [0.15, 0.2) is 5.03 Å². The van der Waals surface area contributed by atoms with Gasteiger partial charge in [-0.05, 0) is 20.4 Å². The summed E-state index contributed by atoms with van der Waals surface area (Å²) in [4.78, 5) is 0. The quantitative estimate of drug-likeness (QED) is 0.633. The number of hydrogen-bond acceptors (Lipinski definition) is 5. The highest BCUT2D eigenvalue weighted by molar-refractivity contribution is 7.89. The summed E-state index contributed by atoms with van der Waals surface area (Å²) in [7, 11) is -2.11. The Labute approximate surface area is 114 Å². The molecule has 0 aliphatic carbocycles. The van der Waals surface area contributed by atoms with Gasteiger partial charge in [0.1, 0.15) is 0 Å². The minimum atomic E-state index is -3.63. The number of sulfonamides is 1. The van der Waals surface area contributed by atoms with Crippen LogP contribution in [0.3, 0.4) is 0 Å². The van der Waals surface area contributed by atoms with Crippen LogP contribution >= 0.6 is 0 Å². The molecule has 110 valence electrons. The zero-order valence-electron chi connectivity index (χ0n) is 11.8. The van der Waals surface area contributed by atoms with Gasteiger partial charge in [-0.1, -0.05) is 6.92 Å². The Hall–Kier alpha value is -0.960. The van der Waals surface area contributed by atoms with Gasteiger partial charge in [-0.2, -0.15) is 5.10 Å². The average molecular weight is 290 g/mol. The van der Waals surface area contributed by atoms with E-state index < -0.39 is 10.0 Å². The molecule has 0 saturated heterocycles. The summed E-state index contributed by atoms with van der Waals surface area (Å²) in [5.74, 6) is 0. The number of nitrogens with zero attached hydrogens (tertiary/aromatic N) is 1. The van der Waals surface area contributed by atoms with E-state index in [0.717, 1.165) is 12.2 Å². The summed E-state index contributed by atoms with van der Waals surface area (Å²) in [6, 6.07) is -0.306. The maximum atomic E-state index is 12.2. The van der Waals surface area contributed by atoms with Crippen molar-refractivity contribution in [3.8, 4) is 0 Å². The molecular formula is C11H22N4O3S. The molecule has 1 rings (SSSR count). The van der Waals surface area contributed by atoms with Crippen LogP contribution in [0.5, 0.6) is 0 Å². The van der Waals surface area contributed by atoms with E-state index in [1.165, 1.54) is 7.11 Å². The van der Waals surface area contributed by atoms with Crippen LogP contribution in [0.25, 0.3) is 0 Å². The zero-order valence-corrected chi connectivity index (χ0v) is 12.6. The van der Waals surface area contributed by atoms with Gasteiger partial charge in [0.2, 0.25) is 0 Å². The molecule has 1 unspecified atom stereocenters. The van der Waals surface area contributed by atoms with Crippen molar-refractivity contribution in [2.45, 2.75) is 38.4 Å². The molecule has 0 amide bonds. The van der Waals surface area contributed by atoms with Crippen molar-refractivity contribution in [1.82, 2.24) is 20.2 Å². The van der Waals surface area contributed by atoms with Gasteiger partial charge in [0.05, 0.1) is 6.61 Å². The highest BCUT2D eigenvalue weighted by atomic mass is 32.2. The molecule has 8 heteroatoms. The van der Waals surface area contributed by atoms with Gasteiger partial charge in [-0.25, -0.2) is 13.1 Å². The molecule has 0 radical (unpaired) electrons. The first-order valence-electron chi connectivity index (χ1n) is 6.18. The van der Waals surface area contributed by atoms with Crippen molar-refractivity contribution in [2.24, 2.45) is 0 Å². The Bertz CT molecular complexity index is 498. The number of hydrogen-bond donors (Lipinski definition) is 3. The predicted octanol–water partition coefficient (Wildman–Crippen LogP) is 0.141. The number of rotatable bonds is 8. The number of H-pyrrole nitrogens is 1. The van der Waals surface area contributed by atoms with Gasteiger partial charge in [-0.15, -0.1) is 0 Å². The summed E-state index contributed by atoms with van der Waals surface area (Å²) < 4.78 is 31.9. The summed E-state index contributed by atoms with van der Waals surface area (Å²) >= 11 is 0. The molecule has 0 spiro atoms. The Morgan fingerprint density at radius 2 is 2.16 bits per heavy atom.